The van der Waals surface area contributed by atoms with Crippen molar-refractivity contribution in [1.29, 1.82) is 0 Å². The Morgan fingerprint density at radius 3 is 2.46 bits per heavy atom. The monoisotopic (exact) mass is 181 g/mol. The minimum Gasteiger partial charge on any atom is -0.371 e. The first-order valence-corrected chi connectivity index (χ1v) is 3.90. The number of carbonyl (C=O) groups excluding carboxylic acids is 2. The summed E-state index contributed by atoms with van der Waals surface area (Å²) in [4.78, 5) is 22.0. The molecule has 1 rings (SSSR count). The van der Waals surface area contributed by atoms with Crippen molar-refractivity contribution in [2.75, 3.05) is 6.54 Å². The maximum Gasteiger partial charge on any atom is 0.272 e. The van der Waals surface area contributed by atoms with Crippen molar-refractivity contribution in [2.24, 2.45) is 0 Å². The van der Waals surface area contributed by atoms with Gasteiger partial charge < -0.3 is 5.32 Å². The van der Waals surface area contributed by atoms with Gasteiger partial charge in [0.1, 0.15) is 5.82 Å². The molecule has 0 aromatic heterocycles. The van der Waals surface area contributed by atoms with Crippen molar-refractivity contribution in [3.8, 4) is 0 Å². The van der Waals surface area contributed by atoms with Gasteiger partial charge in [-0.1, -0.05) is 6.58 Å². The van der Waals surface area contributed by atoms with E-state index < -0.39 is 0 Å². The van der Waals surface area contributed by atoms with Crippen LogP contribution in [0.25, 0.3) is 0 Å². The minimum absolute atomic E-state index is 0.385. The topological polar surface area (TPSA) is 61.4 Å². The lowest BCUT2D eigenvalue weighted by molar-refractivity contribution is -0.139. The highest BCUT2D eigenvalue weighted by molar-refractivity contribution is 6.12. The highest BCUT2D eigenvalue weighted by Crippen LogP contribution is 2.00. The Hall–Kier alpha value is -1.78. The van der Waals surface area contributed by atoms with Gasteiger partial charge in [-0.25, -0.2) is 0 Å². The fraction of sp³-hybridized carbons (Fsp3) is 0.250. The fourth-order valence-corrected chi connectivity index (χ4v) is 0.898. The van der Waals surface area contributed by atoms with Crippen LogP contribution >= 0.6 is 0 Å². The lowest BCUT2D eigenvalue weighted by Gasteiger charge is -2.18. The first-order valence-electron chi connectivity index (χ1n) is 3.90. The van der Waals surface area contributed by atoms with E-state index in [2.05, 4.69) is 17.3 Å². The normalized spacial score (nSPS) is 15.0. The summed E-state index contributed by atoms with van der Waals surface area (Å²) in [6, 6.07) is 0. The molecule has 0 spiro atoms. The van der Waals surface area contributed by atoms with E-state index in [9.17, 15) is 9.59 Å². The summed E-state index contributed by atoms with van der Waals surface area (Å²) in [5.41, 5.74) is 2.55. The summed E-state index contributed by atoms with van der Waals surface area (Å²) in [5, 5.41) is 3.73. The number of hydrazine groups is 1. The quantitative estimate of drug-likeness (QED) is 0.574. The Labute approximate surface area is 76.1 Å². The van der Waals surface area contributed by atoms with Crippen LogP contribution in [-0.2, 0) is 9.59 Å². The molecule has 70 valence electrons. The van der Waals surface area contributed by atoms with Gasteiger partial charge in [0.15, 0.2) is 0 Å². The zero-order valence-corrected chi connectivity index (χ0v) is 7.33. The van der Waals surface area contributed by atoms with Crippen LogP contribution in [0.15, 0.2) is 24.6 Å². The molecule has 0 bridgehead atoms. The van der Waals surface area contributed by atoms with Crippen LogP contribution in [0.4, 0.5) is 0 Å². The molecule has 0 saturated heterocycles. The van der Waals surface area contributed by atoms with Gasteiger partial charge in [0, 0.05) is 18.7 Å². The predicted octanol–water partition coefficient (Wildman–Crippen LogP) is -0.503. The van der Waals surface area contributed by atoms with Crippen LogP contribution in [0.5, 0.6) is 0 Å². The maximum absolute atomic E-state index is 11.0. The summed E-state index contributed by atoms with van der Waals surface area (Å²) in [5.74, 6) is -0.346. The van der Waals surface area contributed by atoms with Gasteiger partial charge in [0.05, 0.1) is 0 Å². The van der Waals surface area contributed by atoms with Crippen LogP contribution in [0.3, 0.4) is 0 Å². The Morgan fingerprint density at radius 1 is 1.46 bits per heavy atom. The molecule has 0 fully saturated rings. The van der Waals surface area contributed by atoms with Gasteiger partial charge in [-0.2, -0.15) is 5.01 Å². The molecule has 0 atom stereocenters. The Bertz CT molecular complexity index is 265. The lowest BCUT2D eigenvalue weighted by atomic mass is 10.6. The Balaban J connectivity index is 2.50. The van der Waals surface area contributed by atoms with Gasteiger partial charge in [-0.05, 0) is 6.92 Å². The van der Waals surface area contributed by atoms with Gasteiger partial charge in [-0.3, -0.25) is 15.0 Å². The van der Waals surface area contributed by atoms with Crippen molar-refractivity contribution in [2.45, 2.75) is 6.92 Å². The van der Waals surface area contributed by atoms with Crippen LogP contribution in [0.2, 0.25) is 0 Å². The van der Waals surface area contributed by atoms with Crippen molar-refractivity contribution in [1.82, 2.24) is 15.8 Å². The number of nitrogens with one attached hydrogen (secondary N) is 2. The second-order valence-corrected chi connectivity index (χ2v) is 2.47. The average Bonchev–Trinajstić information content (AvgIpc) is 2.36. The van der Waals surface area contributed by atoms with Crippen molar-refractivity contribution in [3.63, 3.8) is 0 Å². The van der Waals surface area contributed by atoms with Crippen LogP contribution in [-0.4, -0.2) is 23.4 Å². The number of imide groups is 1. The van der Waals surface area contributed by atoms with E-state index in [1.165, 1.54) is 12.2 Å². The van der Waals surface area contributed by atoms with Gasteiger partial charge in [0.25, 0.3) is 11.8 Å². The molecule has 5 nitrogen and oxygen atoms in total. The van der Waals surface area contributed by atoms with E-state index in [1.807, 2.05) is 6.92 Å². The first kappa shape index (κ1) is 9.31. The van der Waals surface area contributed by atoms with Crippen molar-refractivity contribution >= 4 is 11.8 Å². The van der Waals surface area contributed by atoms with Crippen LogP contribution < -0.4 is 10.7 Å². The van der Waals surface area contributed by atoms with Crippen molar-refractivity contribution in [3.05, 3.63) is 24.6 Å². The molecule has 0 radical (unpaired) electrons. The lowest BCUT2D eigenvalue weighted by Crippen LogP contribution is -2.44. The molecule has 0 aliphatic carbocycles. The van der Waals surface area contributed by atoms with Gasteiger partial charge >= 0.3 is 0 Å². The van der Waals surface area contributed by atoms with Crippen molar-refractivity contribution < 1.29 is 9.59 Å². The average molecular weight is 181 g/mol. The first-order chi connectivity index (χ1) is 6.15. The van der Waals surface area contributed by atoms with Gasteiger partial charge in [-0.15, -0.1) is 0 Å². The Morgan fingerprint density at radius 2 is 2.00 bits per heavy atom. The summed E-state index contributed by atoms with van der Waals surface area (Å²) >= 11 is 0. The smallest absolute Gasteiger partial charge is 0.272 e. The molecule has 1 aliphatic rings. The Kier molecular flexibility index (Phi) is 2.69. The number of amides is 2. The van der Waals surface area contributed by atoms with E-state index in [4.69, 9.17) is 0 Å². The predicted molar refractivity (Wildman–Crippen MR) is 46.9 cm³/mol. The van der Waals surface area contributed by atoms with E-state index in [1.54, 1.807) is 0 Å². The second kappa shape index (κ2) is 3.75. The third-order valence-corrected chi connectivity index (χ3v) is 1.45. The molecular weight excluding hydrogens is 170 g/mol. The number of rotatable bonds is 4. The third kappa shape index (κ3) is 2.08. The summed E-state index contributed by atoms with van der Waals surface area (Å²) in [7, 11) is 0. The summed E-state index contributed by atoms with van der Waals surface area (Å²) in [6.45, 7) is 6.14. The molecular formula is C8H11N3O2. The molecule has 0 unspecified atom stereocenters. The highest BCUT2D eigenvalue weighted by atomic mass is 16.2. The summed E-state index contributed by atoms with van der Waals surface area (Å²) in [6.07, 6.45) is 2.41. The number of nitrogens with zero attached hydrogens (tertiary/aromatic N) is 1. The van der Waals surface area contributed by atoms with Crippen LogP contribution in [0, 0.1) is 0 Å². The molecule has 1 heterocycles. The molecule has 0 saturated carbocycles. The maximum atomic E-state index is 11.0. The number of hydrogen-bond donors (Lipinski definition) is 2. The molecule has 5 heteroatoms. The molecule has 2 N–H and O–H groups in total. The van der Waals surface area contributed by atoms with Crippen LogP contribution in [0.1, 0.15) is 6.92 Å². The third-order valence-electron chi connectivity index (χ3n) is 1.45. The molecule has 2 amide bonds. The molecule has 1 aliphatic heterocycles. The van der Waals surface area contributed by atoms with E-state index in [0.29, 0.717) is 12.4 Å². The van der Waals surface area contributed by atoms with Gasteiger partial charge in [0.2, 0.25) is 0 Å². The van der Waals surface area contributed by atoms with E-state index in [-0.39, 0.29) is 11.8 Å². The molecule has 0 aromatic carbocycles. The standard InChI is InChI=1S/C8H11N3O2/c1-3-9-6(2)10-11-7(12)4-5-8(11)13/h4-5,9-10H,2-3H2,1H3. The highest BCUT2D eigenvalue weighted by Gasteiger charge is 2.23. The molecule has 0 aromatic rings. The number of carbonyl (C=O) groups is 2. The fourth-order valence-electron chi connectivity index (χ4n) is 0.898. The minimum atomic E-state index is -0.385. The molecule has 13 heavy (non-hydrogen) atoms. The number of hydrogen-bond acceptors (Lipinski definition) is 4. The summed E-state index contributed by atoms with van der Waals surface area (Å²) < 4.78 is 0. The SMILES string of the molecule is C=C(NCC)NN1C(=O)C=CC1=O. The van der Waals surface area contributed by atoms with E-state index >= 15 is 0 Å². The largest absolute Gasteiger partial charge is 0.371 e. The van der Waals surface area contributed by atoms with E-state index in [0.717, 1.165) is 5.01 Å². The second-order valence-electron chi connectivity index (χ2n) is 2.47. The zero-order chi connectivity index (χ0) is 9.84. The zero-order valence-electron chi connectivity index (χ0n) is 7.33.